The smallest absolute Gasteiger partial charge is 0.118 e. The first kappa shape index (κ1) is 7.56. The Balaban J connectivity index is 2.21. The fraction of sp³-hybridized carbons (Fsp3) is 1.00. The average Bonchev–Trinajstić information content (AvgIpc) is 2.57. The second-order valence-corrected chi connectivity index (χ2v) is 4.72. The first-order chi connectivity index (χ1) is 4.97. The zero-order valence-electron chi connectivity index (χ0n) is 7.42. The summed E-state index contributed by atoms with van der Waals surface area (Å²) in [5, 5.41) is 9.88. The first-order valence-electron chi connectivity index (χ1n) is 4.33. The van der Waals surface area contributed by atoms with E-state index in [0.717, 1.165) is 12.8 Å². The summed E-state index contributed by atoms with van der Waals surface area (Å²) in [6, 6.07) is 0. The van der Waals surface area contributed by atoms with E-state index in [1.54, 1.807) is 0 Å². The minimum atomic E-state index is -0.284. The normalized spacial score (nSPS) is 53.5. The van der Waals surface area contributed by atoms with Crippen molar-refractivity contribution >= 4 is 0 Å². The van der Waals surface area contributed by atoms with Gasteiger partial charge in [0.1, 0.15) is 5.60 Å². The third-order valence-corrected chi connectivity index (χ3v) is 3.31. The van der Waals surface area contributed by atoms with E-state index < -0.39 is 0 Å². The van der Waals surface area contributed by atoms with Crippen molar-refractivity contribution in [1.82, 2.24) is 0 Å². The Labute approximate surface area is 67.6 Å². The molecular formula is C9H16O2. The largest absolute Gasteiger partial charge is 0.389 e. The molecule has 1 N–H and O–H groups in total. The predicted molar refractivity (Wildman–Crippen MR) is 42.3 cm³/mol. The molecule has 0 bridgehead atoms. The third-order valence-electron chi connectivity index (χ3n) is 3.31. The Hall–Kier alpha value is -0.0800. The highest BCUT2D eigenvalue weighted by molar-refractivity contribution is 5.12. The summed E-state index contributed by atoms with van der Waals surface area (Å²) in [5.74, 6) is 0. The summed E-state index contributed by atoms with van der Waals surface area (Å²) in [7, 11) is 0. The van der Waals surface area contributed by atoms with E-state index in [2.05, 4.69) is 13.8 Å². The molecule has 3 atom stereocenters. The second-order valence-electron chi connectivity index (χ2n) is 4.72. The van der Waals surface area contributed by atoms with Gasteiger partial charge in [-0.05, 0) is 25.2 Å². The molecule has 1 aliphatic heterocycles. The van der Waals surface area contributed by atoms with Crippen molar-refractivity contribution in [3.8, 4) is 0 Å². The average molecular weight is 156 g/mol. The number of aliphatic hydroxyl groups excluding tert-OH is 1. The molecule has 64 valence electrons. The van der Waals surface area contributed by atoms with Gasteiger partial charge in [-0.1, -0.05) is 13.8 Å². The number of fused-ring (bicyclic) bond motifs is 1. The number of hydrogen-bond donors (Lipinski definition) is 1. The van der Waals surface area contributed by atoms with Gasteiger partial charge in [-0.25, -0.2) is 0 Å². The summed E-state index contributed by atoms with van der Waals surface area (Å²) >= 11 is 0. The van der Waals surface area contributed by atoms with Gasteiger partial charge in [-0.3, -0.25) is 0 Å². The van der Waals surface area contributed by atoms with Gasteiger partial charge in [0.2, 0.25) is 0 Å². The Morgan fingerprint density at radius 3 is 2.55 bits per heavy atom. The zero-order valence-corrected chi connectivity index (χ0v) is 7.42. The fourth-order valence-corrected chi connectivity index (χ4v) is 2.27. The molecule has 0 amide bonds. The maximum absolute atomic E-state index is 9.88. The van der Waals surface area contributed by atoms with Gasteiger partial charge in [0.25, 0.3) is 0 Å². The van der Waals surface area contributed by atoms with Crippen LogP contribution in [0.4, 0.5) is 0 Å². The van der Waals surface area contributed by atoms with Crippen LogP contribution in [0.15, 0.2) is 0 Å². The fourth-order valence-electron chi connectivity index (χ4n) is 2.27. The molecule has 0 aromatic rings. The molecule has 1 saturated heterocycles. The summed E-state index contributed by atoms with van der Waals surface area (Å²) in [6.45, 7) is 6.24. The second kappa shape index (κ2) is 1.80. The molecule has 11 heavy (non-hydrogen) atoms. The van der Waals surface area contributed by atoms with Crippen molar-refractivity contribution in [2.45, 2.75) is 51.4 Å². The van der Waals surface area contributed by atoms with E-state index in [1.807, 2.05) is 6.92 Å². The molecule has 0 radical (unpaired) electrons. The van der Waals surface area contributed by atoms with E-state index in [4.69, 9.17) is 4.74 Å². The van der Waals surface area contributed by atoms with Crippen LogP contribution in [0, 0.1) is 5.41 Å². The molecular weight excluding hydrogens is 140 g/mol. The Bertz CT molecular complexity index is 183. The van der Waals surface area contributed by atoms with Gasteiger partial charge in [-0.2, -0.15) is 0 Å². The molecule has 2 aliphatic rings. The van der Waals surface area contributed by atoms with Gasteiger partial charge in [0, 0.05) is 0 Å². The summed E-state index contributed by atoms with van der Waals surface area (Å²) in [5.41, 5.74) is -0.163. The molecule has 2 fully saturated rings. The van der Waals surface area contributed by atoms with Crippen molar-refractivity contribution in [3.63, 3.8) is 0 Å². The van der Waals surface area contributed by atoms with Crippen molar-refractivity contribution < 1.29 is 9.84 Å². The molecule has 1 saturated carbocycles. The van der Waals surface area contributed by atoms with Gasteiger partial charge in [0.15, 0.2) is 0 Å². The minimum absolute atomic E-state index is 0.0434. The summed E-state index contributed by atoms with van der Waals surface area (Å²) in [6.07, 6.45) is 2.24. The van der Waals surface area contributed by atoms with Crippen LogP contribution < -0.4 is 0 Å². The Kier molecular flexibility index (Phi) is 1.24. The summed E-state index contributed by atoms with van der Waals surface area (Å²) in [4.78, 5) is 0. The van der Waals surface area contributed by atoms with Crippen LogP contribution in [-0.4, -0.2) is 22.9 Å². The highest BCUT2D eigenvalue weighted by atomic mass is 16.6. The highest BCUT2D eigenvalue weighted by Gasteiger charge is 2.63. The van der Waals surface area contributed by atoms with E-state index in [0.29, 0.717) is 6.10 Å². The van der Waals surface area contributed by atoms with Crippen LogP contribution in [0.25, 0.3) is 0 Å². The number of epoxide rings is 1. The van der Waals surface area contributed by atoms with Gasteiger partial charge in [-0.15, -0.1) is 0 Å². The molecule has 2 heteroatoms. The number of rotatable bonds is 0. The molecule has 1 aliphatic carbocycles. The standard InChI is InChI=1S/C9H16O2/c1-8(2)5-4-6-9(3,11-6)7(8)10/h6-7,10H,4-5H2,1-3H3/t6-,7-,9-/m1/s1. The molecule has 0 aromatic heterocycles. The van der Waals surface area contributed by atoms with Crippen molar-refractivity contribution in [3.05, 3.63) is 0 Å². The quantitative estimate of drug-likeness (QED) is 0.537. The zero-order chi connectivity index (χ0) is 8.28. The van der Waals surface area contributed by atoms with E-state index in [1.165, 1.54) is 0 Å². The van der Waals surface area contributed by atoms with Crippen LogP contribution in [0.3, 0.4) is 0 Å². The molecule has 0 spiro atoms. The van der Waals surface area contributed by atoms with Crippen LogP contribution in [0.1, 0.15) is 33.6 Å². The summed E-state index contributed by atoms with van der Waals surface area (Å²) < 4.78 is 5.46. The SMILES string of the molecule is CC1(C)CC[C@H]2O[C@@]2(C)[C@@H]1O. The lowest BCUT2D eigenvalue weighted by molar-refractivity contribution is -0.0192. The maximum atomic E-state index is 9.88. The van der Waals surface area contributed by atoms with Crippen LogP contribution in [-0.2, 0) is 4.74 Å². The lowest BCUT2D eigenvalue weighted by Crippen LogP contribution is -2.45. The Morgan fingerprint density at radius 2 is 2.00 bits per heavy atom. The van der Waals surface area contributed by atoms with Crippen molar-refractivity contribution in [1.29, 1.82) is 0 Å². The van der Waals surface area contributed by atoms with Crippen molar-refractivity contribution in [2.24, 2.45) is 5.41 Å². The molecule has 0 unspecified atom stereocenters. The monoisotopic (exact) mass is 156 g/mol. The molecule has 0 aromatic carbocycles. The van der Waals surface area contributed by atoms with Crippen molar-refractivity contribution in [2.75, 3.05) is 0 Å². The topological polar surface area (TPSA) is 32.8 Å². The van der Waals surface area contributed by atoms with Gasteiger partial charge in [0.05, 0.1) is 12.2 Å². The number of hydrogen-bond acceptors (Lipinski definition) is 2. The van der Waals surface area contributed by atoms with E-state index in [9.17, 15) is 5.11 Å². The highest BCUT2D eigenvalue weighted by Crippen LogP contribution is 2.53. The molecule has 2 nitrogen and oxygen atoms in total. The predicted octanol–water partition coefficient (Wildman–Crippen LogP) is 1.32. The minimum Gasteiger partial charge on any atom is -0.389 e. The first-order valence-corrected chi connectivity index (χ1v) is 4.33. The van der Waals surface area contributed by atoms with Crippen LogP contribution >= 0.6 is 0 Å². The van der Waals surface area contributed by atoms with Gasteiger partial charge >= 0.3 is 0 Å². The van der Waals surface area contributed by atoms with Gasteiger partial charge < -0.3 is 9.84 Å². The van der Waals surface area contributed by atoms with E-state index >= 15 is 0 Å². The number of ether oxygens (including phenoxy) is 1. The lowest BCUT2D eigenvalue weighted by Gasteiger charge is -2.36. The van der Waals surface area contributed by atoms with Crippen LogP contribution in [0.5, 0.6) is 0 Å². The molecule has 1 heterocycles. The van der Waals surface area contributed by atoms with Crippen LogP contribution in [0.2, 0.25) is 0 Å². The maximum Gasteiger partial charge on any atom is 0.118 e. The lowest BCUT2D eigenvalue weighted by atomic mass is 9.70. The number of aliphatic hydroxyl groups is 1. The Morgan fingerprint density at radius 1 is 1.36 bits per heavy atom. The molecule has 2 rings (SSSR count). The van der Waals surface area contributed by atoms with E-state index in [-0.39, 0.29) is 17.1 Å². The third kappa shape index (κ3) is 0.859.